The Hall–Kier alpha value is -1.10. The lowest BCUT2D eigenvalue weighted by atomic mass is 9.84. The van der Waals surface area contributed by atoms with Crippen LogP contribution in [-0.4, -0.2) is 42.9 Å². The van der Waals surface area contributed by atoms with Crippen molar-refractivity contribution in [3.8, 4) is 0 Å². The molecule has 0 aromatic rings. The van der Waals surface area contributed by atoms with Crippen LogP contribution >= 0.6 is 0 Å². The first-order valence-corrected chi connectivity index (χ1v) is 6.19. The lowest BCUT2D eigenvalue weighted by molar-refractivity contribution is -0.138. The third-order valence-corrected chi connectivity index (χ3v) is 3.23. The monoisotopic (exact) mass is 241 g/mol. The number of nitrogens with zero attached hydrogens (tertiary/aromatic N) is 1. The molecule has 0 unspecified atom stereocenters. The van der Waals surface area contributed by atoms with E-state index in [0.29, 0.717) is 26.1 Å². The SMILES string of the molecule is CC(C)(CCN)CCC(=O)N1CCNC(=O)C1. The fourth-order valence-electron chi connectivity index (χ4n) is 1.97. The number of hydrogen-bond donors (Lipinski definition) is 2. The topological polar surface area (TPSA) is 75.4 Å². The van der Waals surface area contributed by atoms with Crippen molar-refractivity contribution in [1.29, 1.82) is 0 Å². The zero-order valence-electron chi connectivity index (χ0n) is 10.8. The minimum atomic E-state index is -0.0641. The quantitative estimate of drug-likeness (QED) is 0.717. The number of amides is 2. The zero-order valence-corrected chi connectivity index (χ0v) is 10.8. The Morgan fingerprint density at radius 1 is 1.47 bits per heavy atom. The van der Waals surface area contributed by atoms with E-state index in [9.17, 15) is 9.59 Å². The van der Waals surface area contributed by atoms with Gasteiger partial charge < -0.3 is 16.0 Å². The van der Waals surface area contributed by atoms with Crippen LogP contribution in [0, 0.1) is 5.41 Å². The van der Waals surface area contributed by atoms with Gasteiger partial charge in [0.1, 0.15) is 0 Å². The number of nitrogens with two attached hydrogens (primary N) is 1. The highest BCUT2D eigenvalue weighted by atomic mass is 16.2. The molecule has 5 nitrogen and oxygen atoms in total. The van der Waals surface area contributed by atoms with E-state index < -0.39 is 0 Å². The molecule has 0 atom stereocenters. The number of carbonyl (C=O) groups excluding carboxylic acids is 2. The van der Waals surface area contributed by atoms with Crippen LogP contribution in [-0.2, 0) is 9.59 Å². The molecule has 3 N–H and O–H groups in total. The predicted octanol–water partition coefficient (Wildman–Crippen LogP) is 0.100. The van der Waals surface area contributed by atoms with Crippen LogP contribution in [0.3, 0.4) is 0 Å². The number of carbonyl (C=O) groups is 2. The van der Waals surface area contributed by atoms with Crippen molar-refractivity contribution < 1.29 is 9.59 Å². The second-order valence-electron chi connectivity index (χ2n) is 5.37. The lowest BCUT2D eigenvalue weighted by Gasteiger charge is -2.29. The van der Waals surface area contributed by atoms with Crippen molar-refractivity contribution in [2.45, 2.75) is 33.1 Å². The van der Waals surface area contributed by atoms with Gasteiger partial charge in [-0.1, -0.05) is 13.8 Å². The minimum absolute atomic E-state index is 0.0641. The summed E-state index contributed by atoms with van der Waals surface area (Å²) in [6.07, 6.45) is 2.24. The average molecular weight is 241 g/mol. The molecule has 2 amide bonds. The summed E-state index contributed by atoms with van der Waals surface area (Å²) in [5.74, 6) is 0.00997. The molecule has 1 aliphatic rings. The van der Waals surface area contributed by atoms with Gasteiger partial charge in [-0.3, -0.25) is 9.59 Å². The van der Waals surface area contributed by atoms with Crippen LogP contribution in [0.5, 0.6) is 0 Å². The van der Waals surface area contributed by atoms with E-state index in [1.54, 1.807) is 4.90 Å². The largest absolute Gasteiger partial charge is 0.353 e. The number of rotatable bonds is 5. The molecule has 1 heterocycles. The van der Waals surface area contributed by atoms with E-state index >= 15 is 0 Å². The van der Waals surface area contributed by atoms with E-state index in [-0.39, 0.29) is 23.8 Å². The van der Waals surface area contributed by atoms with Gasteiger partial charge in [-0.2, -0.15) is 0 Å². The fourth-order valence-corrected chi connectivity index (χ4v) is 1.97. The first-order valence-electron chi connectivity index (χ1n) is 6.19. The van der Waals surface area contributed by atoms with Gasteiger partial charge in [0, 0.05) is 19.5 Å². The van der Waals surface area contributed by atoms with Crippen LogP contribution in [0.2, 0.25) is 0 Å². The van der Waals surface area contributed by atoms with Crippen molar-refractivity contribution in [2.75, 3.05) is 26.2 Å². The number of hydrogen-bond acceptors (Lipinski definition) is 3. The Morgan fingerprint density at radius 3 is 2.76 bits per heavy atom. The number of nitrogens with one attached hydrogen (secondary N) is 1. The molecule has 0 aromatic carbocycles. The van der Waals surface area contributed by atoms with Crippen molar-refractivity contribution in [1.82, 2.24) is 10.2 Å². The van der Waals surface area contributed by atoms with Crippen molar-refractivity contribution >= 4 is 11.8 Å². The maximum Gasteiger partial charge on any atom is 0.239 e. The highest BCUT2D eigenvalue weighted by molar-refractivity contribution is 5.85. The van der Waals surface area contributed by atoms with Crippen molar-refractivity contribution in [2.24, 2.45) is 11.1 Å². The summed E-state index contributed by atoms with van der Waals surface area (Å²) in [6, 6.07) is 0. The van der Waals surface area contributed by atoms with Crippen LogP contribution in [0.25, 0.3) is 0 Å². The predicted molar refractivity (Wildman–Crippen MR) is 66.3 cm³/mol. The average Bonchev–Trinajstić information content (AvgIpc) is 2.26. The molecule has 0 aromatic heterocycles. The van der Waals surface area contributed by atoms with Gasteiger partial charge in [0.25, 0.3) is 0 Å². The Labute approximate surface area is 103 Å². The molecule has 1 rings (SSSR count). The van der Waals surface area contributed by atoms with Gasteiger partial charge >= 0.3 is 0 Å². The lowest BCUT2D eigenvalue weighted by Crippen LogP contribution is -2.50. The summed E-state index contributed by atoms with van der Waals surface area (Å²) >= 11 is 0. The molecule has 0 aliphatic carbocycles. The van der Waals surface area contributed by atoms with Crippen molar-refractivity contribution in [3.63, 3.8) is 0 Å². The summed E-state index contributed by atoms with van der Waals surface area (Å²) in [4.78, 5) is 24.7. The van der Waals surface area contributed by atoms with Gasteiger partial charge in [-0.25, -0.2) is 0 Å². The smallest absolute Gasteiger partial charge is 0.239 e. The maximum atomic E-state index is 11.9. The van der Waals surface area contributed by atoms with E-state index in [0.717, 1.165) is 12.8 Å². The van der Waals surface area contributed by atoms with Crippen LogP contribution < -0.4 is 11.1 Å². The first kappa shape index (κ1) is 14.0. The van der Waals surface area contributed by atoms with Crippen LogP contribution in [0.1, 0.15) is 33.1 Å². The van der Waals surface area contributed by atoms with Gasteiger partial charge in [0.05, 0.1) is 6.54 Å². The summed E-state index contributed by atoms with van der Waals surface area (Å²) < 4.78 is 0. The molecule has 0 saturated carbocycles. The highest BCUT2D eigenvalue weighted by Gasteiger charge is 2.24. The molecule has 0 bridgehead atoms. The molecule has 0 radical (unpaired) electrons. The van der Waals surface area contributed by atoms with Gasteiger partial charge in [0.2, 0.25) is 11.8 Å². The molecule has 1 saturated heterocycles. The third-order valence-electron chi connectivity index (χ3n) is 3.23. The van der Waals surface area contributed by atoms with E-state index in [2.05, 4.69) is 19.2 Å². The van der Waals surface area contributed by atoms with E-state index in [1.165, 1.54) is 0 Å². The van der Waals surface area contributed by atoms with Gasteiger partial charge in [-0.05, 0) is 24.8 Å². The summed E-state index contributed by atoms with van der Waals surface area (Å²) in [6.45, 7) is 6.29. The van der Waals surface area contributed by atoms with E-state index in [1.807, 2.05) is 0 Å². The second-order valence-corrected chi connectivity index (χ2v) is 5.37. The molecular weight excluding hydrogens is 218 g/mol. The molecule has 1 fully saturated rings. The molecule has 98 valence electrons. The summed E-state index contributed by atoms with van der Waals surface area (Å²) in [5, 5.41) is 2.71. The maximum absolute atomic E-state index is 11.9. The van der Waals surface area contributed by atoms with Crippen molar-refractivity contribution in [3.05, 3.63) is 0 Å². The molecule has 0 spiro atoms. The minimum Gasteiger partial charge on any atom is -0.353 e. The first-order chi connectivity index (χ1) is 7.94. The summed E-state index contributed by atoms with van der Waals surface area (Å²) in [7, 11) is 0. The summed E-state index contributed by atoms with van der Waals surface area (Å²) in [5.41, 5.74) is 5.63. The Balaban J connectivity index is 2.36. The Bertz CT molecular complexity index is 289. The van der Waals surface area contributed by atoms with Crippen LogP contribution in [0.4, 0.5) is 0 Å². The van der Waals surface area contributed by atoms with Crippen LogP contribution in [0.15, 0.2) is 0 Å². The normalized spacial score (nSPS) is 16.9. The Kier molecular flexibility index (Phi) is 4.93. The second kappa shape index (κ2) is 6.00. The van der Waals surface area contributed by atoms with E-state index in [4.69, 9.17) is 5.73 Å². The highest BCUT2D eigenvalue weighted by Crippen LogP contribution is 2.26. The molecule has 1 aliphatic heterocycles. The number of piperazine rings is 1. The third kappa shape index (κ3) is 4.73. The zero-order chi connectivity index (χ0) is 12.9. The standard InChI is InChI=1S/C12H23N3O2/c1-12(2,5-6-13)4-3-11(17)15-8-7-14-10(16)9-15/h3-9,13H2,1-2H3,(H,14,16). The molecular formula is C12H23N3O2. The van der Waals surface area contributed by atoms with Gasteiger partial charge in [0.15, 0.2) is 0 Å². The Morgan fingerprint density at radius 2 is 2.18 bits per heavy atom. The van der Waals surface area contributed by atoms with Gasteiger partial charge in [-0.15, -0.1) is 0 Å². The molecule has 5 heteroatoms. The molecule has 17 heavy (non-hydrogen) atoms. The fraction of sp³-hybridized carbons (Fsp3) is 0.833.